The van der Waals surface area contributed by atoms with E-state index < -0.39 is 0 Å². The molecule has 0 bridgehead atoms. The van der Waals surface area contributed by atoms with E-state index in [1.807, 2.05) is 6.92 Å². The normalized spacial score (nSPS) is 12.2. The maximum absolute atomic E-state index is 11.8. The number of carbonyl (C=O) groups is 1. The first kappa shape index (κ1) is 16.1. The summed E-state index contributed by atoms with van der Waals surface area (Å²) >= 11 is 1.60. The fourth-order valence-corrected chi connectivity index (χ4v) is 2.50. The summed E-state index contributed by atoms with van der Waals surface area (Å²) in [6, 6.07) is 8.39. The maximum atomic E-state index is 11.8. The van der Waals surface area contributed by atoms with Crippen LogP contribution in [-0.2, 0) is 11.3 Å². The van der Waals surface area contributed by atoms with Crippen molar-refractivity contribution in [3.63, 3.8) is 0 Å². The fraction of sp³-hybridized carbons (Fsp3) is 0.533. The number of hydrogen-bond acceptors (Lipinski definition) is 3. The molecular formula is C15H24N2OS. The van der Waals surface area contributed by atoms with Gasteiger partial charge in [-0.2, -0.15) is 0 Å². The number of amides is 1. The van der Waals surface area contributed by atoms with E-state index in [9.17, 15) is 4.79 Å². The minimum atomic E-state index is -0.0498. The van der Waals surface area contributed by atoms with Gasteiger partial charge in [-0.1, -0.05) is 26.0 Å². The number of hydrogen-bond donors (Lipinski definition) is 2. The summed E-state index contributed by atoms with van der Waals surface area (Å²) in [6.07, 6.45) is 0.974. The number of benzene rings is 1. The molecule has 1 aromatic carbocycles. The molecule has 0 fully saturated rings. The van der Waals surface area contributed by atoms with Crippen molar-refractivity contribution < 1.29 is 4.79 Å². The van der Waals surface area contributed by atoms with E-state index in [1.54, 1.807) is 11.8 Å². The van der Waals surface area contributed by atoms with Crippen molar-refractivity contribution in [2.75, 3.05) is 13.1 Å². The molecular weight excluding hydrogens is 256 g/mol. The second-order valence-electron chi connectivity index (χ2n) is 4.48. The van der Waals surface area contributed by atoms with E-state index in [2.05, 4.69) is 48.7 Å². The Labute approximate surface area is 120 Å². The summed E-state index contributed by atoms with van der Waals surface area (Å²) in [6.45, 7) is 8.73. The fourth-order valence-electron chi connectivity index (χ4n) is 1.60. The van der Waals surface area contributed by atoms with E-state index >= 15 is 0 Å². The van der Waals surface area contributed by atoms with Gasteiger partial charge in [-0.15, -0.1) is 11.8 Å². The summed E-state index contributed by atoms with van der Waals surface area (Å²) in [7, 11) is 0. The molecule has 3 nitrogen and oxygen atoms in total. The molecule has 0 spiro atoms. The minimum absolute atomic E-state index is 0.0498. The Bertz CT molecular complexity index is 378. The van der Waals surface area contributed by atoms with Gasteiger partial charge >= 0.3 is 0 Å². The Hall–Kier alpha value is -1.00. The molecule has 0 aliphatic heterocycles. The third kappa shape index (κ3) is 6.12. The topological polar surface area (TPSA) is 41.1 Å². The van der Waals surface area contributed by atoms with Crippen molar-refractivity contribution in [1.29, 1.82) is 0 Å². The van der Waals surface area contributed by atoms with Crippen LogP contribution in [0.25, 0.3) is 0 Å². The molecule has 1 unspecified atom stereocenters. The van der Waals surface area contributed by atoms with Crippen LogP contribution < -0.4 is 10.6 Å². The van der Waals surface area contributed by atoms with Crippen molar-refractivity contribution in [2.45, 2.75) is 43.9 Å². The highest BCUT2D eigenvalue weighted by molar-refractivity contribution is 8.00. The number of rotatable bonds is 8. The predicted molar refractivity (Wildman–Crippen MR) is 82.4 cm³/mol. The molecule has 106 valence electrons. The first-order chi connectivity index (χ1) is 9.17. The molecule has 0 radical (unpaired) electrons. The molecule has 19 heavy (non-hydrogen) atoms. The smallest absolute Gasteiger partial charge is 0.233 e. The highest BCUT2D eigenvalue weighted by Gasteiger charge is 2.13. The van der Waals surface area contributed by atoms with E-state index in [0.717, 1.165) is 31.0 Å². The molecule has 0 aromatic heterocycles. The zero-order chi connectivity index (χ0) is 14.1. The summed E-state index contributed by atoms with van der Waals surface area (Å²) < 4.78 is 0. The van der Waals surface area contributed by atoms with Gasteiger partial charge in [-0.3, -0.25) is 4.79 Å². The monoisotopic (exact) mass is 280 g/mol. The molecule has 1 aromatic rings. The predicted octanol–water partition coefficient (Wildman–Crippen LogP) is 2.80. The van der Waals surface area contributed by atoms with Gasteiger partial charge < -0.3 is 10.6 Å². The van der Waals surface area contributed by atoms with Crippen LogP contribution in [-0.4, -0.2) is 24.2 Å². The summed E-state index contributed by atoms with van der Waals surface area (Å²) in [5.41, 5.74) is 1.27. The third-order valence-electron chi connectivity index (χ3n) is 2.73. The summed E-state index contributed by atoms with van der Waals surface area (Å²) in [5.74, 6) is 0.114. The first-order valence-electron chi connectivity index (χ1n) is 6.91. The number of thioether (sulfide) groups is 1. The SMILES string of the molecule is CCCNC(=O)C(C)Sc1ccc(CNCC)cc1. The Morgan fingerprint density at radius 2 is 1.95 bits per heavy atom. The first-order valence-corrected chi connectivity index (χ1v) is 7.79. The van der Waals surface area contributed by atoms with Gasteiger partial charge in [0.25, 0.3) is 0 Å². The molecule has 2 N–H and O–H groups in total. The van der Waals surface area contributed by atoms with Crippen molar-refractivity contribution in [3.8, 4) is 0 Å². The Morgan fingerprint density at radius 1 is 1.26 bits per heavy atom. The summed E-state index contributed by atoms with van der Waals surface area (Å²) in [4.78, 5) is 12.9. The molecule has 0 saturated heterocycles. The van der Waals surface area contributed by atoms with Gasteiger partial charge in [0.15, 0.2) is 0 Å². The van der Waals surface area contributed by atoms with E-state index in [-0.39, 0.29) is 11.2 Å². The van der Waals surface area contributed by atoms with Gasteiger partial charge in [0.2, 0.25) is 5.91 Å². The molecule has 0 aliphatic carbocycles. The second-order valence-corrected chi connectivity index (χ2v) is 5.89. The number of nitrogens with one attached hydrogen (secondary N) is 2. The Kier molecular flexibility index (Phi) is 7.60. The van der Waals surface area contributed by atoms with Crippen LogP contribution >= 0.6 is 11.8 Å². The highest BCUT2D eigenvalue weighted by Crippen LogP contribution is 2.23. The Balaban J connectivity index is 2.45. The average Bonchev–Trinajstić information content (AvgIpc) is 2.43. The van der Waals surface area contributed by atoms with E-state index in [0.29, 0.717) is 0 Å². The zero-order valence-electron chi connectivity index (χ0n) is 12.0. The molecule has 0 aliphatic rings. The van der Waals surface area contributed by atoms with Crippen LogP contribution in [0, 0.1) is 0 Å². The lowest BCUT2D eigenvalue weighted by atomic mass is 10.2. The molecule has 1 amide bonds. The highest BCUT2D eigenvalue weighted by atomic mass is 32.2. The van der Waals surface area contributed by atoms with Crippen molar-refractivity contribution in [1.82, 2.24) is 10.6 Å². The maximum Gasteiger partial charge on any atom is 0.233 e. The second kappa shape index (κ2) is 8.99. The molecule has 0 saturated carbocycles. The molecule has 0 heterocycles. The van der Waals surface area contributed by atoms with Gasteiger partial charge in [-0.05, 0) is 37.6 Å². The average molecular weight is 280 g/mol. The summed E-state index contributed by atoms with van der Waals surface area (Å²) in [5, 5.41) is 6.17. The largest absolute Gasteiger partial charge is 0.355 e. The van der Waals surface area contributed by atoms with Gasteiger partial charge in [0.1, 0.15) is 0 Å². The minimum Gasteiger partial charge on any atom is -0.355 e. The third-order valence-corrected chi connectivity index (χ3v) is 3.85. The van der Waals surface area contributed by atoms with Crippen LogP contribution in [0.1, 0.15) is 32.8 Å². The lowest BCUT2D eigenvalue weighted by Crippen LogP contribution is -2.31. The van der Waals surface area contributed by atoms with Gasteiger partial charge in [0.05, 0.1) is 5.25 Å². The van der Waals surface area contributed by atoms with Crippen LogP contribution in [0.2, 0.25) is 0 Å². The standard InChI is InChI=1S/C15H24N2OS/c1-4-10-17-15(18)12(3)19-14-8-6-13(7-9-14)11-16-5-2/h6-9,12,16H,4-5,10-11H2,1-3H3,(H,17,18). The van der Waals surface area contributed by atoms with Crippen LogP contribution in [0.15, 0.2) is 29.2 Å². The Morgan fingerprint density at radius 3 is 2.53 bits per heavy atom. The van der Waals surface area contributed by atoms with Crippen molar-refractivity contribution in [3.05, 3.63) is 29.8 Å². The van der Waals surface area contributed by atoms with Crippen LogP contribution in [0.4, 0.5) is 0 Å². The lowest BCUT2D eigenvalue weighted by molar-refractivity contribution is -0.120. The molecule has 4 heteroatoms. The van der Waals surface area contributed by atoms with E-state index in [4.69, 9.17) is 0 Å². The molecule has 1 rings (SSSR count). The zero-order valence-corrected chi connectivity index (χ0v) is 12.8. The van der Waals surface area contributed by atoms with Crippen molar-refractivity contribution >= 4 is 17.7 Å². The molecule has 1 atom stereocenters. The van der Waals surface area contributed by atoms with Crippen LogP contribution in [0.3, 0.4) is 0 Å². The van der Waals surface area contributed by atoms with Crippen LogP contribution in [0.5, 0.6) is 0 Å². The van der Waals surface area contributed by atoms with Gasteiger partial charge in [0, 0.05) is 18.0 Å². The quantitative estimate of drug-likeness (QED) is 0.720. The van der Waals surface area contributed by atoms with Crippen molar-refractivity contribution in [2.24, 2.45) is 0 Å². The van der Waals surface area contributed by atoms with Gasteiger partial charge in [-0.25, -0.2) is 0 Å². The van der Waals surface area contributed by atoms with E-state index in [1.165, 1.54) is 5.56 Å². The lowest BCUT2D eigenvalue weighted by Gasteiger charge is -2.11. The number of carbonyl (C=O) groups excluding carboxylic acids is 1.